The van der Waals surface area contributed by atoms with Crippen molar-refractivity contribution in [2.45, 2.75) is 33.1 Å². The van der Waals surface area contributed by atoms with Gasteiger partial charge in [-0.05, 0) is 37.0 Å². The highest BCUT2D eigenvalue weighted by atomic mass is 16.1. The minimum Gasteiger partial charge on any atom is -0.298 e. The number of unbranched alkanes of at least 4 members (excludes halogenated alkanes) is 1. The van der Waals surface area contributed by atoms with E-state index in [1.54, 1.807) is 0 Å². The largest absolute Gasteiger partial charge is 0.298 e. The first kappa shape index (κ1) is 9.97. The monoisotopic (exact) mass is 176 g/mol. The van der Waals surface area contributed by atoms with Crippen molar-refractivity contribution in [2.24, 2.45) is 0 Å². The molecule has 1 aromatic rings. The predicted molar refractivity (Wildman–Crippen MR) is 55.2 cm³/mol. The summed E-state index contributed by atoms with van der Waals surface area (Å²) in [5.41, 5.74) is 3.17. The normalized spacial score (nSPS) is 10.0. The third kappa shape index (κ3) is 2.69. The molecule has 0 heterocycles. The minimum absolute atomic E-state index is 0.827. The first-order valence-corrected chi connectivity index (χ1v) is 4.82. The lowest BCUT2D eigenvalue weighted by molar-refractivity contribution is 0.112. The minimum atomic E-state index is 0.827. The number of carbonyl (C=O) groups is 1. The number of hydrogen-bond acceptors (Lipinski definition) is 1. The first-order chi connectivity index (χ1) is 6.27. The maximum Gasteiger partial charge on any atom is 0.150 e. The molecule has 0 aromatic heterocycles. The standard InChI is InChI=1S/C12H16O/c1-3-4-5-11-7-6-10(2)12(8-11)9-13/h6-9H,3-5H2,1-2H3. The summed E-state index contributed by atoms with van der Waals surface area (Å²) in [7, 11) is 0. The molecule has 1 nitrogen and oxygen atoms in total. The summed E-state index contributed by atoms with van der Waals surface area (Å²) in [6.07, 6.45) is 4.41. The zero-order chi connectivity index (χ0) is 9.68. The average Bonchev–Trinajstić information content (AvgIpc) is 2.16. The second kappa shape index (κ2) is 4.80. The zero-order valence-electron chi connectivity index (χ0n) is 8.34. The fourth-order valence-electron chi connectivity index (χ4n) is 1.35. The number of benzene rings is 1. The van der Waals surface area contributed by atoms with Crippen molar-refractivity contribution in [3.8, 4) is 0 Å². The smallest absolute Gasteiger partial charge is 0.150 e. The van der Waals surface area contributed by atoms with Crippen molar-refractivity contribution < 1.29 is 4.79 Å². The number of aryl methyl sites for hydroxylation is 2. The lowest BCUT2D eigenvalue weighted by Gasteiger charge is -2.03. The molecule has 0 bridgehead atoms. The molecule has 0 aliphatic heterocycles. The summed E-state index contributed by atoms with van der Waals surface area (Å²) in [6.45, 7) is 4.14. The van der Waals surface area contributed by atoms with Crippen LogP contribution in [0.25, 0.3) is 0 Å². The molecule has 13 heavy (non-hydrogen) atoms. The van der Waals surface area contributed by atoms with Gasteiger partial charge in [0.05, 0.1) is 0 Å². The van der Waals surface area contributed by atoms with Crippen LogP contribution in [0.2, 0.25) is 0 Å². The van der Waals surface area contributed by atoms with Gasteiger partial charge in [0, 0.05) is 5.56 Å². The SMILES string of the molecule is CCCCc1ccc(C)c(C=O)c1. The fourth-order valence-corrected chi connectivity index (χ4v) is 1.35. The molecule has 0 amide bonds. The van der Waals surface area contributed by atoms with E-state index in [4.69, 9.17) is 0 Å². The van der Waals surface area contributed by atoms with Gasteiger partial charge in [0.2, 0.25) is 0 Å². The lowest BCUT2D eigenvalue weighted by atomic mass is 10.0. The molecule has 0 saturated carbocycles. The molecular formula is C12H16O. The Kier molecular flexibility index (Phi) is 3.69. The Morgan fingerprint density at radius 1 is 1.38 bits per heavy atom. The number of hydrogen-bond donors (Lipinski definition) is 0. The van der Waals surface area contributed by atoms with E-state index in [2.05, 4.69) is 13.0 Å². The Morgan fingerprint density at radius 3 is 2.77 bits per heavy atom. The number of aldehydes is 1. The quantitative estimate of drug-likeness (QED) is 0.644. The van der Waals surface area contributed by atoms with Crippen LogP contribution in [0.1, 0.15) is 41.3 Å². The second-order valence-corrected chi connectivity index (χ2v) is 3.41. The van der Waals surface area contributed by atoms with Gasteiger partial charge >= 0.3 is 0 Å². The topological polar surface area (TPSA) is 17.1 Å². The highest BCUT2D eigenvalue weighted by Gasteiger charge is 1.98. The van der Waals surface area contributed by atoms with Gasteiger partial charge in [-0.15, -0.1) is 0 Å². The second-order valence-electron chi connectivity index (χ2n) is 3.41. The molecule has 0 unspecified atom stereocenters. The summed E-state index contributed by atoms with van der Waals surface area (Å²) in [5.74, 6) is 0. The maximum atomic E-state index is 10.7. The fraction of sp³-hybridized carbons (Fsp3) is 0.417. The van der Waals surface area contributed by atoms with E-state index in [0.717, 1.165) is 23.8 Å². The first-order valence-electron chi connectivity index (χ1n) is 4.82. The van der Waals surface area contributed by atoms with Crippen molar-refractivity contribution in [3.05, 3.63) is 34.9 Å². The molecule has 0 N–H and O–H groups in total. The van der Waals surface area contributed by atoms with Crippen LogP contribution in [-0.4, -0.2) is 6.29 Å². The van der Waals surface area contributed by atoms with Crippen LogP contribution in [-0.2, 0) is 6.42 Å². The van der Waals surface area contributed by atoms with Crippen molar-refractivity contribution >= 4 is 6.29 Å². The Morgan fingerprint density at radius 2 is 2.15 bits per heavy atom. The van der Waals surface area contributed by atoms with Crippen LogP contribution in [0.15, 0.2) is 18.2 Å². The zero-order valence-corrected chi connectivity index (χ0v) is 8.34. The molecule has 0 radical (unpaired) electrons. The average molecular weight is 176 g/mol. The van der Waals surface area contributed by atoms with Gasteiger partial charge in [0.1, 0.15) is 6.29 Å². The van der Waals surface area contributed by atoms with E-state index >= 15 is 0 Å². The molecule has 0 atom stereocenters. The summed E-state index contributed by atoms with van der Waals surface area (Å²) in [5, 5.41) is 0. The van der Waals surface area contributed by atoms with E-state index in [1.165, 1.54) is 18.4 Å². The third-order valence-corrected chi connectivity index (χ3v) is 2.29. The van der Waals surface area contributed by atoms with Gasteiger partial charge in [0.15, 0.2) is 0 Å². The van der Waals surface area contributed by atoms with E-state index in [0.29, 0.717) is 0 Å². The van der Waals surface area contributed by atoms with Gasteiger partial charge in [-0.2, -0.15) is 0 Å². The highest BCUT2D eigenvalue weighted by Crippen LogP contribution is 2.11. The molecule has 0 saturated heterocycles. The van der Waals surface area contributed by atoms with E-state index < -0.39 is 0 Å². The molecule has 0 fully saturated rings. The van der Waals surface area contributed by atoms with Crippen LogP contribution in [0.5, 0.6) is 0 Å². The van der Waals surface area contributed by atoms with Gasteiger partial charge in [-0.1, -0.05) is 25.5 Å². The molecule has 0 spiro atoms. The predicted octanol–water partition coefficient (Wildman–Crippen LogP) is 3.15. The summed E-state index contributed by atoms with van der Waals surface area (Å²) < 4.78 is 0. The van der Waals surface area contributed by atoms with Crippen molar-refractivity contribution in [1.82, 2.24) is 0 Å². The Balaban J connectivity index is 2.80. The maximum absolute atomic E-state index is 10.7. The van der Waals surface area contributed by atoms with E-state index in [9.17, 15) is 4.79 Å². The van der Waals surface area contributed by atoms with Gasteiger partial charge < -0.3 is 0 Å². The van der Waals surface area contributed by atoms with Crippen molar-refractivity contribution in [3.63, 3.8) is 0 Å². The Bertz CT molecular complexity index is 289. The van der Waals surface area contributed by atoms with Crippen molar-refractivity contribution in [2.75, 3.05) is 0 Å². The van der Waals surface area contributed by atoms with E-state index in [1.807, 2.05) is 19.1 Å². The van der Waals surface area contributed by atoms with Crippen LogP contribution in [0.3, 0.4) is 0 Å². The van der Waals surface area contributed by atoms with Gasteiger partial charge in [0.25, 0.3) is 0 Å². The van der Waals surface area contributed by atoms with Crippen LogP contribution in [0, 0.1) is 6.92 Å². The lowest BCUT2D eigenvalue weighted by Crippen LogP contribution is -1.90. The molecule has 1 rings (SSSR count). The molecule has 1 heteroatoms. The molecular weight excluding hydrogens is 160 g/mol. The molecule has 0 aliphatic rings. The third-order valence-electron chi connectivity index (χ3n) is 2.29. The van der Waals surface area contributed by atoms with Crippen LogP contribution >= 0.6 is 0 Å². The van der Waals surface area contributed by atoms with Gasteiger partial charge in [-0.25, -0.2) is 0 Å². The Hall–Kier alpha value is -1.11. The number of carbonyl (C=O) groups excluding carboxylic acids is 1. The van der Waals surface area contributed by atoms with Crippen LogP contribution in [0.4, 0.5) is 0 Å². The van der Waals surface area contributed by atoms with Crippen molar-refractivity contribution in [1.29, 1.82) is 0 Å². The van der Waals surface area contributed by atoms with Gasteiger partial charge in [-0.3, -0.25) is 4.79 Å². The van der Waals surface area contributed by atoms with Crippen LogP contribution < -0.4 is 0 Å². The highest BCUT2D eigenvalue weighted by molar-refractivity contribution is 5.77. The molecule has 0 aliphatic carbocycles. The summed E-state index contributed by atoms with van der Waals surface area (Å²) >= 11 is 0. The molecule has 1 aromatic carbocycles. The summed E-state index contributed by atoms with van der Waals surface area (Å²) in [4.78, 5) is 10.7. The number of rotatable bonds is 4. The Labute approximate surface area is 79.8 Å². The summed E-state index contributed by atoms with van der Waals surface area (Å²) in [6, 6.07) is 6.13. The molecule has 70 valence electrons. The van der Waals surface area contributed by atoms with E-state index in [-0.39, 0.29) is 0 Å².